The average molecular weight is 279 g/mol. The van der Waals surface area contributed by atoms with Crippen molar-refractivity contribution in [2.24, 2.45) is 11.8 Å². The van der Waals surface area contributed by atoms with Crippen LogP contribution in [0.2, 0.25) is 0 Å². The largest absolute Gasteiger partial charge is 0.314 e. The first-order valence-corrected chi connectivity index (χ1v) is 8.03. The van der Waals surface area contributed by atoms with E-state index in [1.807, 2.05) is 12.1 Å². The van der Waals surface area contributed by atoms with Crippen LogP contribution < -0.4 is 5.32 Å². The van der Waals surface area contributed by atoms with E-state index in [4.69, 9.17) is 0 Å². The summed E-state index contributed by atoms with van der Waals surface area (Å²) in [6.45, 7) is 9.81. The van der Waals surface area contributed by atoms with Gasteiger partial charge in [-0.2, -0.15) is 0 Å². The summed E-state index contributed by atoms with van der Waals surface area (Å²) in [5.74, 6) is 1.20. The minimum absolute atomic E-state index is 0.0633. The van der Waals surface area contributed by atoms with E-state index < -0.39 is 0 Å². The molecule has 20 heavy (non-hydrogen) atoms. The SMILES string of the molecule is CCC(CC)CC(CNC(C)C)Cc1ccccc1F. The molecule has 0 amide bonds. The van der Waals surface area contributed by atoms with Gasteiger partial charge in [0.05, 0.1) is 0 Å². The van der Waals surface area contributed by atoms with Crippen molar-refractivity contribution >= 4 is 0 Å². The normalized spacial score (nSPS) is 13.2. The number of benzene rings is 1. The first kappa shape index (κ1) is 17.2. The molecule has 0 saturated carbocycles. The topological polar surface area (TPSA) is 12.0 Å². The van der Waals surface area contributed by atoms with Crippen LogP contribution >= 0.6 is 0 Å². The van der Waals surface area contributed by atoms with Gasteiger partial charge in [0.15, 0.2) is 0 Å². The highest BCUT2D eigenvalue weighted by Gasteiger charge is 2.16. The summed E-state index contributed by atoms with van der Waals surface area (Å²) in [6.07, 6.45) is 4.45. The number of hydrogen-bond donors (Lipinski definition) is 1. The molecule has 1 nitrogen and oxygen atoms in total. The highest BCUT2D eigenvalue weighted by atomic mass is 19.1. The summed E-state index contributed by atoms with van der Waals surface area (Å²) in [4.78, 5) is 0. The molecule has 114 valence electrons. The van der Waals surface area contributed by atoms with Crippen LogP contribution in [0.25, 0.3) is 0 Å². The van der Waals surface area contributed by atoms with Gasteiger partial charge in [-0.15, -0.1) is 0 Å². The Labute approximate surface area is 124 Å². The van der Waals surface area contributed by atoms with Gasteiger partial charge in [-0.3, -0.25) is 0 Å². The number of hydrogen-bond acceptors (Lipinski definition) is 1. The molecule has 0 fully saturated rings. The number of nitrogens with one attached hydrogen (secondary N) is 1. The van der Waals surface area contributed by atoms with Gasteiger partial charge in [-0.1, -0.05) is 58.7 Å². The molecule has 1 aromatic rings. The van der Waals surface area contributed by atoms with Gasteiger partial charge < -0.3 is 5.32 Å². The van der Waals surface area contributed by atoms with E-state index in [0.29, 0.717) is 12.0 Å². The molecule has 0 aliphatic heterocycles. The Kier molecular flexibility index (Phi) is 7.83. The summed E-state index contributed by atoms with van der Waals surface area (Å²) in [6, 6.07) is 7.67. The van der Waals surface area contributed by atoms with Crippen LogP contribution in [0.1, 0.15) is 52.5 Å². The smallest absolute Gasteiger partial charge is 0.126 e. The molecule has 0 aliphatic carbocycles. The van der Waals surface area contributed by atoms with Crippen molar-refractivity contribution in [2.45, 2.75) is 59.4 Å². The Bertz CT molecular complexity index is 371. The molecule has 0 aromatic heterocycles. The zero-order chi connectivity index (χ0) is 15.0. The maximum absolute atomic E-state index is 13.8. The molecular formula is C18H30FN. The standard InChI is InChI=1S/C18H30FN/c1-5-15(6-2)11-16(13-20-14(3)4)12-17-9-7-8-10-18(17)19/h7-10,14-16,20H,5-6,11-13H2,1-4H3. The maximum atomic E-state index is 13.8. The zero-order valence-corrected chi connectivity index (χ0v) is 13.5. The Hall–Kier alpha value is -0.890. The lowest BCUT2D eigenvalue weighted by molar-refractivity contribution is 0.329. The van der Waals surface area contributed by atoms with E-state index in [0.717, 1.165) is 24.4 Å². The van der Waals surface area contributed by atoms with Crippen molar-refractivity contribution in [3.63, 3.8) is 0 Å². The maximum Gasteiger partial charge on any atom is 0.126 e. The molecule has 1 N–H and O–H groups in total. The highest BCUT2D eigenvalue weighted by Crippen LogP contribution is 2.23. The molecule has 0 saturated heterocycles. The van der Waals surface area contributed by atoms with Crippen LogP contribution in [0.4, 0.5) is 4.39 Å². The van der Waals surface area contributed by atoms with Crippen LogP contribution in [0.5, 0.6) is 0 Å². The summed E-state index contributed by atoms with van der Waals surface area (Å²) in [5, 5.41) is 3.52. The second kappa shape index (κ2) is 9.12. The molecule has 1 unspecified atom stereocenters. The molecule has 0 aliphatic rings. The van der Waals surface area contributed by atoms with Crippen molar-refractivity contribution < 1.29 is 4.39 Å². The predicted octanol–water partition coefficient (Wildman–Crippen LogP) is 4.81. The fourth-order valence-electron chi connectivity index (χ4n) is 2.71. The first-order chi connectivity index (χ1) is 9.56. The van der Waals surface area contributed by atoms with Crippen molar-refractivity contribution in [2.75, 3.05) is 6.54 Å². The van der Waals surface area contributed by atoms with Crippen molar-refractivity contribution in [3.05, 3.63) is 35.6 Å². The third-order valence-electron chi connectivity index (χ3n) is 4.10. The van der Waals surface area contributed by atoms with Crippen LogP contribution in [0.3, 0.4) is 0 Å². The minimum Gasteiger partial charge on any atom is -0.314 e. The molecule has 0 heterocycles. The van der Waals surface area contributed by atoms with Gasteiger partial charge in [0.25, 0.3) is 0 Å². The fraction of sp³-hybridized carbons (Fsp3) is 0.667. The van der Waals surface area contributed by atoms with E-state index in [2.05, 4.69) is 33.0 Å². The van der Waals surface area contributed by atoms with E-state index in [-0.39, 0.29) is 5.82 Å². The van der Waals surface area contributed by atoms with Gasteiger partial charge in [0.1, 0.15) is 5.82 Å². The molecule has 2 heteroatoms. The second-order valence-corrected chi connectivity index (χ2v) is 6.14. The van der Waals surface area contributed by atoms with Crippen LogP contribution in [-0.2, 0) is 6.42 Å². The average Bonchev–Trinajstić information content (AvgIpc) is 2.43. The van der Waals surface area contributed by atoms with Gasteiger partial charge in [0.2, 0.25) is 0 Å². The summed E-state index contributed by atoms with van der Waals surface area (Å²) >= 11 is 0. The molecule has 1 atom stereocenters. The Morgan fingerprint density at radius 2 is 1.70 bits per heavy atom. The molecule has 0 spiro atoms. The quantitative estimate of drug-likeness (QED) is 0.684. The molecule has 1 aromatic carbocycles. The fourth-order valence-corrected chi connectivity index (χ4v) is 2.71. The van der Waals surface area contributed by atoms with Gasteiger partial charge >= 0.3 is 0 Å². The second-order valence-electron chi connectivity index (χ2n) is 6.14. The lowest BCUT2D eigenvalue weighted by atomic mass is 9.86. The molecule has 1 rings (SSSR count). The van der Waals surface area contributed by atoms with Gasteiger partial charge in [-0.05, 0) is 42.9 Å². The van der Waals surface area contributed by atoms with Crippen molar-refractivity contribution in [3.8, 4) is 0 Å². The van der Waals surface area contributed by atoms with Crippen molar-refractivity contribution in [1.29, 1.82) is 0 Å². The van der Waals surface area contributed by atoms with Crippen LogP contribution in [0, 0.1) is 17.7 Å². The zero-order valence-electron chi connectivity index (χ0n) is 13.5. The lowest BCUT2D eigenvalue weighted by Gasteiger charge is -2.24. The summed E-state index contributed by atoms with van der Waals surface area (Å²) < 4.78 is 13.8. The lowest BCUT2D eigenvalue weighted by Crippen LogP contribution is -2.31. The highest BCUT2D eigenvalue weighted by molar-refractivity contribution is 5.17. The Morgan fingerprint density at radius 1 is 1.05 bits per heavy atom. The molecule has 0 radical (unpaired) electrons. The van der Waals surface area contributed by atoms with E-state index >= 15 is 0 Å². The van der Waals surface area contributed by atoms with E-state index in [1.54, 1.807) is 12.1 Å². The Balaban J connectivity index is 2.68. The van der Waals surface area contributed by atoms with Gasteiger partial charge in [0, 0.05) is 6.04 Å². The van der Waals surface area contributed by atoms with E-state index in [1.165, 1.54) is 19.3 Å². The third-order valence-corrected chi connectivity index (χ3v) is 4.10. The Morgan fingerprint density at radius 3 is 2.25 bits per heavy atom. The van der Waals surface area contributed by atoms with Crippen molar-refractivity contribution in [1.82, 2.24) is 5.32 Å². The predicted molar refractivity (Wildman–Crippen MR) is 85.4 cm³/mol. The number of rotatable bonds is 9. The van der Waals surface area contributed by atoms with Crippen LogP contribution in [-0.4, -0.2) is 12.6 Å². The molecular weight excluding hydrogens is 249 g/mol. The van der Waals surface area contributed by atoms with E-state index in [9.17, 15) is 4.39 Å². The molecule has 0 bridgehead atoms. The monoisotopic (exact) mass is 279 g/mol. The minimum atomic E-state index is -0.0633. The van der Waals surface area contributed by atoms with Crippen LogP contribution in [0.15, 0.2) is 24.3 Å². The summed E-state index contributed by atoms with van der Waals surface area (Å²) in [7, 11) is 0. The number of halogens is 1. The third kappa shape index (κ3) is 6.04. The summed E-state index contributed by atoms with van der Waals surface area (Å²) in [5.41, 5.74) is 0.856. The van der Waals surface area contributed by atoms with Gasteiger partial charge in [-0.25, -0.2) is 4.39 Å². The first-order valence-electron chi connectivity index (χ1n) is 8.03.